The Kier molecular flexibility index (Phi) is 3.47. The minimum absolute atomic E-state index is 0.208. The molecule has 1 heterocycles. The van der Waals surface area contributed by atoms with Gasteiger partial charge in [-0.3, -0.25) is 0 Å². The molecule has 2 aromatic rings. The highest BCUT2D eigenvalue weighted by molar-refractivity contribution is 7.08. The molecule has 1 N–H and O–H groups in total. The molecule has 0 amide bonds. The highest BCUT2D eigenvalue weighted by atomic mass is 32.1. The van der Waals surface area contributed by atoms with Crippen molar-refractivity contribution in [2.45, 2.75) is 0 Å². The van der Waals surface area contributed by atoms with Crippen molar-refractivity contribution in [3.05, 3.63) is 29.1 Å². The van der Waals surface area contributed by atoms with Crippen molar-refractivity contribution >= 4 is 17.5 Å². The van der Waals surface area contributed by atoms with Crippen molar-refractivity contribution in [2.75, 3.05) is 14.2 Å². The highest BCUT2D eigenvalue weighted by Gasteiger charge is 2.12. The zero-order chi connectivity index (χ0) is 13.1. The number of aromatic carboxylic acids is 1. The summed E-state index contributed by atoms with van der Waals surface area (Å²) in [5.41, 5.74) is 1.40. The van der Waals surface area contributed by atoms with E-state index in [2.05, 4.69) is 4.37 Å². The normalized spacial score (nSPS) is 10.1. The van der Waals surface area contributed by atoms with Crippen molar-refractivity contribution in [3.63, 3.8) is 0 Å². The van der Waals surface area contributed by atoms with E-state index in [1.807, 2.05) is 6.07 Å². The molecule has 0 radical (unpaired) electrons. The molecule has 18 heavy (non-hydrogen) atoms. The monoisotopic (exact) mass is 265 g/mol. The Bertz CT molecular complexity index is 579. The number of aromatic nitrogens is 1. The third kappa shape index (κ3) is 2.28. The Hall–Kier alpha value is -2.08. The molecule has 94 valence electrons. The van der Waals surface area contributed by atoms with Crippen LogP contribution in [0.2, 0.25) is 0 Å². The predicted molar refractivity (Wildman–Crippen MR) is 67.6 cm³/mol. The maximum atomic E-state index is 10.8. The van der Waals surface area contributed by atoms with Crippen molar-refractivity contribution in [1.29, 1.82) is 0 Å². The van der Waals surface area contributed by atoms with Crippen LogP contribution in [-0.4, -0.2) is 29.7 Å². The van der Waals surface area contributed by atoms with E-state index in [0.717, 1.165) is 17.1 Å². The predicted octanol–water partition coefficient (Wildman–Crippen LogP) is 2.53. The van der Waals surface area contributed by atoms with E-state index < -0.39 is 5.97 Å². The molecule has 0 bridgehead atoms. The molecule has 1 aromatic heterocycles. The van der Waals surface area contributed by atoms with E-state index in [9.17, 15) is 4.79 Å². The third-order valence-electron chi connectivity index (χ3n) is 2.40. The lowest BCUT2D eigenvalue weighted by Crippen LogP contribution is -1.91. The summed E-state index contributed by atoms with van der Waals surface area (Å²) in [5, 5.41) is 8.85. The summed E-state index contributed by atoms with van der Waals surface area (Å²) < 4.78 is 14.4. The number of hydrogen-bond acceptors (Lipinski definition) is 5. The number of carboxylic acid groups (broad SMARTS) is 1. The number of ether oxygens (including phenoxy) is 2. The lowest BCUT2D eigenvalue weighted by atomic mass is 10.1. The lowest BCUT2D eigenvalue weighted by Gasteiger charge is -2.08. The Morgan fingerprint density at radius 1 is 1.22 bits per heavy atom. The fourth-order valence-corrected chi connectivity index (χ4v) is 2.10. The summed E-state index contributed by atoms with van der Waals surface area (Å²) in [5.74, 6) is 0.231. The van der Waals surface area contributed by atoms with Crippen LogP contribution in [0.5, 0.6) is 11.5 Å². The van der Waals surface area contributed by atoms with Crippen molar-refractivity contribution in [2.24, 2.45) is 0 Å². The van der Waals surface area contributed by atoms with E-state index in [-0.39, 0.29) is 4.88 Å². The first-order valence-electron chi connectivity index (χ1n) is 5.08. The van der Waals surface area contributed by atoms with E-state index >= 15 is 0 Å². The number of benzene rings is 1. The Morgan fingerprint density at radius 3 is 2.50 bits per heavy atom. The van der Waals surface area contributed by atoms with Gasteiger partial charge in [-0.25, -0.2) is 4.79 Å². The summed E-state index contributed by atoms with van der Waals surface area (Å²) in [6.07, 6.45) is 0. The van der Waals surface area contributed by atoms with Gasteiger partial charge in [0.05, 0.1) is 19.9 Å². The number of hydrogen-bond donors (Lipinski definition) is 1. The van der Waals surface area contributed by atoms with Crippen LogP contribution < -0.4 is 9.47 Å². The molecule has 0 atom stereocenters. The average Bonchev–Trinajstić information content (AvgIpc) is 2.87. The van der Waals surface area contributed by atoms with Crippen molar-refractivity contribution in [1.82, 2.24) is 4.37 Å². The topological polar surface area (TPSA) is 68.7 Å². The van der Waals surface area contributed by atoms with Gasteiger partial charge < -0.3 is 14.6 Å². The Morgan fingerprint density at radius 2 is 1.94 bits per heavy atom. The van der Waals surface area contributed by atoms with Gasteiger partial charge in [-0.1, -0.05) is 0 Å². The lowest BCUT2D eigenvalue weighted by molar-refractivity contribution is 0.0702. The standard InChI is InChI=1S/C12H11NO4S/c1-16-9-4-3-7(5-10(9)17-2)8-6-11(12(14)15)18-13-8/h3-6H,1-2H3,(H,14,15). The molecule has 0 aliphatic carbocycles. The van der Waals surface area contributed by atoms with Gasteiger partial charge in [-0.2, -0.15) is 4.37 Å². The first-order chi connectivity index (χ1) is 8.65. The molecule has 0 saturated heterocycles. The molecular formula is C12H11NO4S. The van der Waals surface area contributed by atoms with Crippen LogP contribution >= 0.6 is 11.5 Å². The number of rotatable bonds is 4. The van der Waals surface area contributed by atoms with Crippen LogP contribution in [0, 0.1) is 0 Å². The van der Waals surface area contributed by atoms with Gasteiger partial charge in [0.1, 0.15) is 4.88 Å². The second-order valence-corrected chi connectivity index (χ2v) is 4.26. The fraction of sp³-hybridized carbons (Fsp3) is 0.167. The maximum Gasteiger partial charge on any atom is 0.347 e. The van der Waals surface area contributed by atoms with Crippen LogP contribution in [0.4, 0.5) is 0 Å². The number of carboxylic acids is 1. The molecule has 0 aliphatic heterocycles. The van der Waals surface area contributed by atoms with Crippen LogP contribution in [0.3, 0.4) is 0 Å². The van der Waals surface area contributed by atoms with Crippen LogP contribution in [0.15, 0.2) is 24.3 Å². The van der Waals surface area contributed by atoms with Crippen LogP contribution in [-0.2, 0) is 0 Å². The molecule has 5 nitrogen and oxygen atoms in total. The number of nitrogens with zero attached hydrogens (tertiary/aromatic N) is 1. The van der Waals surface area contributed by atoms with Crippen LogP contribution in [0.25, 0.3) is 11.3 Å². The largest absolute Gasteiger partial charge is 0.493 e. The SMILES string of the molecule is COc1ccc(-c2cc(C(=O)O)sn2)cc1OC. The molecule has 6 heteroatoms. The van der Waals surface area contributed by atoms with Gasteiger partial charge in [0.25, 0.3) is 0 Å². The molecule has 0 fully saturated rings. The van der Waals surface area contributed by atoms with Crippen molar-refractivity contribution in [3.8, 4) is 22.8 Å². The van der Waals surface area contributed by atoms with E-state index in [0.29, 0.717) is 17.2 Å². The summed E-state index contributed by atoms with van der Waals surface area (Å²) in [6.45, 7) is 0. The third-order valence-corrected chi connectivity index (χ3v) is 3.18. The minimum Gasteiger partial charge on any atom is -0.493 e. The smallest absolute Gasteiger partial charge is 0.347 e. The molecule has 0 aliphatic rings. The minimum atomic E-state index is -0.973. The van der Waals surface area contributed by atoms with E-state index in [4.69, 9.17) is 14.6 Å². The first-order valence-corrected chi connectivity index (χ1v) is 5.85. The quantitative estimate of drug-likeness (QED) is 0.920. The first kappa shape index (κ1) is 12.4. The Balaban J connectivity index is 2.41. The Labute approximate surface area is 108 Å². The second-order valence-electron chi connectivity index (χ2n) is 3.45. The van der Waals surface area contributed by atoms with Crippen LogP contribution in [0.1, 0.15) is 9.67 Å². The van der Waals surface area contributed by atoms with Gasteiger partial charge in [0.15, 0.2) is 11.5 Å². The summed E-state index contributed by atoms with van der Waals surface area (Å²) in [7, 11) is 3.11. The van der Waals surface area contributed by atoms with Gasteiger partial charge in [-0.15, -0.1) is 0 Å². The number of methoxy groups -OCH3 is 2. The van der Waals surface area contributed by atoms with Gasteiger partial charge in [0.2, 0.25) is 0 Å². The average molecular weight is 265 g/mol. The van der Waals surface area contributed by atoms with Gasteiger partial charge in [0, 0.05) is 5.56 Å². The maximum absolute atomic E-state index is 10.8. The zero-order valence-electron chi connectivity index (χ0n) is 9.84. The molecule has 0 unspecified atom stereocenters. The van der Waals surface area contributed by atoms with Gasteiger partial charge >= 0.3 is 5.97 Å². The molecule has 2 rings (SSSR count). The summed E-state index contributed by atoms with van der Waals surface area (Å²) in [4.78, 5) is 11.0. The molecular weight excluding hydrogens is 254 g/mol. The number of carbonyl (C=O) groups is 1. The summed E-state index contributed by atoms with van der Waals surface area (Å²) >= 11 is 0.954. The van der Waals surface area contributed by atoms with Crippen molar-refractivity contribution < 1.29 is 19.4 Å². The molecule has 0 saturated carbocycles. The van der Waals surface area contributed by atoms with Gasteiger partial charge in [-0.05, 0) is 35.8 Å². The van der Waals surface area contributed by atoms with E-state index in [1.54, 1.807) is 26.4 Å². The second kappa shape index (κ2) is 5.05. The zero-order valence-corrected chi connectivity index (χ0v) is 10.7. The highest BCUT2D eigenvalue weighted by Crippen LogP contribution is 2.32. The molecule has 1 aromatic carbocycles. The fourth-order valence-electron chi connectivity index (χ4n) is 1.51. The van der Waals surface area contributed by atoms with E-state index in [1.165, 1.54) is 6.07 Å². The summed E-state index contributed by atoms with van der Waals surface area (Å²) in [6, 6.07) is 6.86. The molecule has 0 spiro atoms.